The summed E-state index contributed by atoms with van der Waals surface area (Å²) in [5.74, 6) is 0.440. The van der Waals surface area contributed by atoms with Crippen LogP contribution >= 0.6 is 0 Å². The summed E-state index contributed by atoms with van der Waals surface area (Å²) in [4.78, 5) is 25.7. The lowest BCUT2D eigenvalue weighted by Gasteiger charge is -2.39. The first-order valence-corrected chi connectivity index (χ1v) is 7.67. The number of ketones is 1. The molecule has 0 saturated heterocycles. The predicted molar refractivity (Wildman–Crippen MR) is 84.6 cm³/mol. The summed E-state index contributed by atoms with van der Waals surface area (Å²) in [5, 5.41) is 0. The molecule has 5 nitrogen and oxygen atoms in total. The van der Waals surface area contributed by atoms with E-state index in [-0.39, 0.29) is 23.9 Å². The zero-order valence-corrected chi connectivity index (χ0v) is 13.6. The minimum absolute atomic E-state index is 0.00789. The van der Waals surface area contributed by atoms with Gasteiger partial charge in [0.25, 0.3) is 0 Å². The summed E-state index contributed by atoms with van der Waals surface area (Å²) in [7, 11) is 1.40. The number of hydrogen-bond acceptors (Lipinski definition) is 5. The number of fused-ring (bicyclic) bond motifs is 1. The number of carbonyl (C=O) groups excluding carboxylic acids is 2. The molecule has 0 N–H and O–H groups in total. The molecule has 22 heavy (non-hydrogen) atoms. The third-order valence-electron chi connectivity index (χ3n) is 4.06. The van der Waals surface area contributed by atoms with Crippen LogP contribution in [-0.4, -0.2) is 37.6 Å². The van der Waals surface area contributed by atoms with Gasteiger partial charge in [-0.1, -0.05) is 13.8 Å². The van der Waals surface area contributed by atoms with Gasteiger partial charge >= 0.3 is 5.97 Å². The van der Waals surface area contributed by atoms with Gasteiger partial charge in [-0.3, -0.25) is 4.79 Å². The van der Waals surface area contributed by atoms with Crippen LogP contribution in [0.5, 0.6) is 5.75 Å². The molecular formula is C17H23NO4. The molecule has 1 aromatic rings. The molecule has 0 spiro atoms. The summed E-state index contributed by atoms with van der Waals surface area (Å²) in [6.45, 7) is 6.14. The largest absolute Gasteiger partial charge is 0.486 e. The summed E-state index contributed by atoms with van der Waals surface area (Å²) in [5.41, 5.74) is 1.40. The van der Waals surface area contributed by atoms with Gasteiger partial charge in [-0.15, -0.1) is 0 Å². The first kappa shape index (κ1) is 16.3. The van der Waals surface area contributed by atoms with E-state index in [0.717, 1.165) is 12.1 Å². The maximum atomic E-state index is 12.1. The molecule has 0 radical (unpaired) electrons. The van der Waals surface area contributed by atoms with E-state index >= 15 is 0 Å². The lowest BCUT2D eigenvalue weighted by Crippen LogP contribution is -2.49. The fourth-order valence-electron chi connectivity index (χ4n) is 2.75. The molecule has 1 aromatic carbocycles. The standard InChI is InChI=1S/C17H23NO4/c1-5-13-10-18(14(6-2)17(20)21-4)15-9-12(11(3)19)7-8-16(15)22-13/h7-9,13-14H,5-6,10H2,1-4H3. The summed E-state index contributed by atoms with van der Waals surface area (Å²) < 4.78 is 10.9. The molecule has 0 aliphatic carbocycles. The normalized spacial score (nSPS) is 18.2. The Morgan fingerprint density at radius 3 is 2.68 bits per heavy atom. The molecule has 120 valence electrons. The Labute approximate surface area is 131 Å². The zero-order valence-electron chi connectivity index (χ0n) is 13.6. The van der Waals surface area contributed by atoms with E-state index in [4.69, 9.17) is 9.47 Å². The van der Waals surface area contributed by atoms with Crippen molar-refractivity contribution in [2.24, 2.45) is 0 Å². The second-order valence-corrected chi connectivity index (χ2v) is 5.49. The molecule has 2 atom stereocenters. The highest BCUT2D eigenvalue weighted by Gasteiger charge is 2.33. The Morgan fingerprint density at radius 2 is 2.14 bits per heavy atom. The number of esters is 1. The van der Waals surface area contributed by atoms with Gasteiger partial charge in [-0.25, -0.2) is 4.79 Å². The lowest BCUT2D eigenvalue weighted by molar-refractivity contribution is -0.142. The fraction of sp³-hybridized carbons (Fsp3) is 0.529. The van der Waals surface area contributed by atoms with Crippen molar-refractivity contribution in [1.82, 2.24) is 0 Å². The van der Waals surface area contributed by atoms with Gasteiger partial charge in [0.05, 0.1) is 19.3 Å². The van der Waals surface area contributed by atoms with Crippen molar-refractivity contribution in [2.45, 2.75) is 45.8 Å². The molecule has 2 rings (SSSR count). The molecule has 5 heteroatoms. The maximum Gasteiger partial charge on any atom is 0.328 e. The molecule has 1 aliphatic rings. The average molecular weight is 305 g/mol. The number of nitrogens with zero attached hydrogens (tertiary/aromatic N) is 1. The Hall–Kier alpha value is -2.04. The highest BCUT2D eigenvalue weighted by Crippen LogP contribution is 2.37. The third kappa shape index (κ3) is 3.08. The van der Waals surface area contributed by atoms with Crippen LogP contribution in [0.15, 0.2) is 18.2 Å². The van der Waals surface area contributed by atoms with Gasteiger partial charge in [-0.2, -0.15) is 0 Å². The second-order valence-electron chi connectivity index (χ2n) is 5.49. The van der Waals surface area contributed by atoms with Crippen LogP contribution < -0.4 is 9.64 Å². The molecular weight excluding hydrogens is 282 g/mol. The van der Waals surface area contributed by atoms with E-state index in [0.29, 0.717) is 24.3 Å². The Bertz CT molecular complexity index is 570. The second kappa shape index (κ2) is 6.81. The van der Waals surface area contributed by atoms with Crippen LogP contribution in [0.3, 0.4) is 0 Å². The predicted octanol–water partition coefficient (Wildman–Crippen LogP) is 2.82. The Balaban J connectivity index is 2.47. The van der Waals surface area contributed by atoms with Gasteiger partial charge in [0, 0.05) is 5.56 Å². The summed E-state index contributed by atoms with van der Waals surface area (Å²) >= 11 is 0. The van der Waals surface area contributed by atoms with Crippen molar-refractivity contribution in [3.63, 3.8) is 0 Å². The minimum atomic E-state index is -0.371. The number of benzene rings is 1. The van der Waals surface area contributed by atoms with Crippen LogP contribution in [-0.2, 0) is 9.53 Å². The first-order chi connectivity index (χ1) is 10.5. The van der Waals surface area contributed by atoms with E-state index in [9.17, 15) is 9.59 Å². The molecule has 0 amide bonds. The van der Waals surface area contributed by atoms with Gasteiger partial charge in [0.1, 0.15) is 17.9 Å². The molecule has 2 unspecified atom stereocenters. The van der Waals surface area contributed by atoms with Crippen LogP contribution in [0.4, 0.5) is 5.69 Å². The van der Waals surface area contributed by atoms with Crippen LogP contribution in [0.2, 0.25) is 0 Å². The third-order valence-corrected chi connectivity index (χ3v) is 4.06. The van der Waals surface area contributed by atoms with Crippen LogP contribution in [0.25, 0.3) is 0 Å². The van der Waals surface area contributed by atoms with E-state index < -0.39 is 0 Å². The minimum Gasteiger partial charge on any atom is -0.486 e. The Kier molecular flexibility index (Phi) is 5.06. The van der Waals surface area contributed by atoms with E-state index in [1.807, 2.05) is 17.9 Å². The maximum absolute atomic E-state index is 12.1. The number of ether oxygens (including phenoxy) is 2. The highest BCUT2D eigenvalue weighted by atomic mass is 16.5. The van der Waals surface area contributed by atoms with Crippen LogP contribution in [0, 0.1) is 0 Å². The smallest absolute Gasteiger partial charge is 0.328 e. The number of rotatable bonds is 5. The van der Waals surface area contributed by atoms with E-state index in [1.54, 1.807) is 12.1 Å². The van der Waals surface area contributed by atoms with Crippen molar-refractivity contribution in [3.05, 3.63) is 23.8 Å². The lowest BCUT2D eigenvalue weighted by atomic mass is 10.0. The number of hydrogen-bond donors (Lipinski definition) is 0. The molecule has 0 saturated carbocycles. The van der Waals surface area contributed by atoms with Gasteiger partial charge in [-0.05, 0) is 38.0 Å². The Morgan fingerprint density at radius 1 is 1.41 bits per heavy atom. The highest BCUT2D eigenvalue weighted by molar-refractivity contribution is 5.96. The SMILES string of the molecule is CCC1CN(C(CC)C(=O)OC)c2cc(C(C)=O)ccc2O1. The van der Waals surface area contributed by atoms with Gasteiger partial charge in [0.2, 0.25) is 0 Å². The zero-order chi connectivity index (χ0) is 16.3. The number of methoxy groups -OCH3 is 1. The quantitative estimate of drug-likeness (QED) is 0.618. The molecule has 0 aromatic heterocycles. The summed E-state index contributed by atoms with van der Waals surface area (Å²) in [6, 6.07) is 5.00. The van der Waals surface area contributed by atoms with Crippen molar-refractivity contribution >= 4 is 17.4 Å². The van der Waals surface area contributed by atoms with Crippen molar-refractivity contribution in [1.29, 1.82) is 0 Å². The summed E-state index contributed by atoms with van der Waals surface area (Å²) in [6.07, 6.45) is 1.50. The molecule has 0 fully saturated rings. The van der Waals surface area contributed by atoms with Crippen molar-refractivity contribution < 1.29 is 19.1 Å². The van der Waals surface area contributed by atoms with Crippen LogP contribution in [0.1, 0.15) is 44.0 Å². The van der Waals surface area contributed by atoms with E-state index in [2.05, 4.69) is 6.92 Å². The van der Waals surface area contributed by atoms with Gasteiger partial charge in [0.15, 0.2) is 5.78 Å². The number of carbonyl (C=O) groups is 2. The molecule has 1 heterocycles. The topological polar surface area (TPSA) is 55.8 Å². The average Bonchev–Trinajstić information content (AvgIpc) is 2.54. The van der Waals surface area contributed by atoms with Crippen molar-refractivity contribution in [3.8, 4) is 5.75 Å². The van der Waals surface area contributed by atoms with E-state index in [1.165, 1.54) is 14.0 Å². The molecule has 0 bridgehead atoms. The van der Waals surface area contributed by atoms with Crippen molar-refractivity contribution in [2.75, 3.05) is 18.6 Å². The van der Waals surface area contributed by atoms with Gasteiger partial charge < -0.3 is 14.4 Å². The fourth-order valence-corrected chi connectivity index (χ4v) is 2.75. The molecule has 1 aliphatic heterocycles. The number of anilines is 1. The number of Topliss-reactive ketones (excluding diaryl/α,β-unsaturated/α-hetero) is 1. The first-order valence-electron chi connectivity index (χ1n) is 7.67. The monoisotopic (exact) mass is 305 g/mol.